The number of pyridine rings is 1. The van der Waals surface area contributed by atoms with E-state index in [4.69, 9.17) is 11.6 Å². The second kappa shape index (κ2) is 5.50. The number of fused-ring (bicyclic) bond motifs is 1. The summed E-state index contributed by atoms with van der Waals surface area (Å²) in [5.74, 6) is 0. The van der Waals surface area contributed by atoms with Gasteiger partial charge in [-0.1, -0.05) is 11.6 Å². The smallest absolute Gasteiger partial charge is 0.248 e. The number of rotatable bonds is 3. The number of nitrogens with one attached hydrogen (secondary N) is 2. The second-order valence-corrected chi connectivity index (χ2v) is 6.66. The molecule has 6 heteroatoms. The standard InChI is InChI=1S/C15H14ClN3OS/c1-8-4-14(20)19-13-5-12(9(2)3-11(8)13)17-6-10-7-18-15(16)21-10/h3-5,7,17H,6H2,1-2H3,(H,19,20). The number of halogens is 1. The van der Waals surface area contributed by atoms with Crippen LogP contribution in [0, 0.1) is 13.8 Å². The molecule has 3 rings (SSSR count). The molecule has 0 bridgehead atoms. The van der Waals surface area contributed by atoms with Crippen LogP contribution in [0.4, 0.5) is 5.69 Å². The zero-order valence-corrected chi connectivity index (χ0v) is 13.2. The van der Waals surface area contributed by atoms with Crippen LogP contribution in [-0.2, 0) is 6.54 Å². The van der Waals surface area contributed by atoms with Crippen molar-refractivity contribution < 1.29 is 0 Å². The quantitative estimate of drug-likeness (QED) is 0.770. The van der Waals surface area contributed by atoms with Gasteiger partial charge in [-0.3, -0.25) is 4.79 Å². The second-order valence-electron chi connectivity index (χ2n) is 4.96. The van der Waals surface area contributed by atoms with Crippen molar-refractivity contribution in [2.75, 3.05) is 5.32 Å². The van der Waals surface area contributed by atoms with Crippen molar-refractivity contribution >= 4 is 39.5 Å². The van der Waals surface area contributed by atoms with Crippen LogP contribution in [-0.4, -0.2) is 9.97 Å². The summed E-state index contributed by atoms with van der Waals surface area (Å²) in [7, 11) is 0. The number of aromatic amines is 1. The molecule has 108 valence electrons. The minimum atomic E-state index is -0.0796. The first-order chi connectivity index (χ1) is 10.0. The van der Waals surface area contributed by atoms with Crippen LogP contribution in [0.2, 0.25) is 4.47 Å². The number of benzene rings is 1. The van der Waals surface area contributed by atoms with Crippen molar-refractivity contribution in [1.82, 2.24) is 9.97 Å². The van der Waals surface area contributed by atoms with Gasteiger partial charge in [-0.25, -0.2) is 4.98 Å². The van der Waals surface area contributed by atoms with Gasteiger partial charge in [0.25, 0.3) is 0 Å². The third kappa shape index (κ3) is 2.94. The summed E-state index contributed by atoms with van der Waals surface area (Å²) >= 11 is 7.28. The molecule has 21 heavy (non-hydrogen) atoms. The van der Waals surface area contributed by atoms with Gasteiger partial charge in [0.05, 0.1) is 12.1 Å². The van der Waals surface area contributed by atoms with Gasteiger partial charge in [0.1, 0.15) is 0 Å². The van der Waals surface area contributed by atoms with Crippen molar-refractivity contribution in [2.24, 2.45) is 0 Å². The fourth-order valence-electron chi connectivity index (χ4n) is 2.32. The molecule has 2 heterocycles. The highest BCUT2D eigenvalue weighted by atomic mass is 35.5. The lowest BCUT2D eigenvalue weighted by Gasteiger charge is -2.11. The Morgan fingerprint density at radius 1 is 1.29 bits per heavy atom. The molecule has 0 saturated carbocycles. The molecular weight excluding hydrogens is 306 g/mol. The molecular formula is C15H14ClN3OS. The van der Waals surface area contributed by atoms with Crippen LogP contribution in [0.15, 0.2) is 29.2 Å². The summed E-state index contributed by atoms with van der Waals surface area (Å²) in [6.45, 7) is 4.65. The predicted molar refractivity (Wildman–Crippen MR) is 88.5 cm³/mol. The van der Waals surface area contributed by atoms with E-state index >= 15 is 0 Å². The Morgan fingerprint density at radius 3 is 2.81 bits per heavy atom. The Bertz CT molecular complexity index is 869. The van der Waals surface area contributed by atoms with E-state index in [1.54, 1.807) is 12.3 Å². The van der Waals surface area contributed by atoms with Gasteiger partial charge in [-0.15, -0.1) is 11.3 Å². The van der Waals surface area contributed by atoms with Crippen LogP contribution in [0.1, 0.15) is 16.0 Å². The molecule has 2 N–H and O–H groups in total. The largest absolute Gasteiger partial charge is 0.380 e. The molecule has 0 atom stereocenters. The molecule has 0 fully saturated rings. The van der Waals surface area contributed by atoms with Crippen molar-refractivity contribution in [1.29, 1.82) is 0 Å². The lowest BCUT2D eigenvalue weighted by Crippen LogP contribution is -2.06. The lowest BCUT2D eigenvalue weighted by molar-refractivity contribution is 1.16. The van der Waals surface area contributed by atoms with E-state index < -0.39 is 0 Å². The van der Waals surface area contributed by atoms with Gasteiger partial charge in [0.15, 0.2) is 4.47 Å². The normalized spacial score (nSPS) is 11.0. The molecule has 0 aliphatic carbocycles. The van der Waals surface area contributed by atoms with E-state index in [-0.39, 0.29) is 5.56 Å². The van der Waals surface area contributed by atoms with Crippen molar-refractivity contribution in [3.8, 4) is 0 Å². The Balaban J connectivity index is 1.95. The molecule has 0 spiro atoms. The monoisotopic (exact) mass is 319 g/mol. The number of anilines is 1. The average molecular weight is 320 g/mol. The first-order valence-corrected chi connectivity index (χ1v) is 7.71. The Hall–Kier alpha value is -1.85. The molecule has 3 aromatic rings. The maximum Gasteiger partial charge on any atom is 0.248 e. The summed E-state index contributed by atoms with van der Waals surface area (Å²) in [6, 6.07) is 5.68. The van der Waals surface area contributed by atoms with E-state index in [0.29, 0.717) is 11.0 Å². The molecule has 0 unspecified atom stereocenters. The van der Waals surface area contributed by atoms with Gasteiger partial charge in [-0.05, 0) is 37.1 Å². The minimum Gasteiger partial charge on any atom is -0.380 e. The summed E-state index contributed by atoms with van der Waals surface area (Å²) in [5, 5.41) is 4.43. The molecule has 4 nitrogen and oxygen atoms in total. The van der Waals surface area contributed by atoms with Crippen LogP contribution < -0.4 is 10.9 Å². The van der Waals surface area contributed by atoms with Crippen LogP contribution >= 0.6 is 22.9 Å². The first-order valence-electron chi connectivity index (χ1n) is 6.51. The molecule has 0 aliphatic rings. The number of hydrogen-bond acceptors (Lipinski definition) is 4. The summed E-state index contributed by atoms with van der Waals surface area (Å²) in [4.78, 5) is 19.5. The number of H-pyrrole nitrogens is 1. The fraction of sp³-hybridized carbons (Fsp3) is 0.200. The van der Waals surface area contributed by atoms with E-state index in [1.807, 2.05) is 19.9 Å². The highest BCUT2D eigenvalue weighted by Crippen LogP contribution is 2.25. The van der Waals surface area contributed by atoms with E-state index in [1.165, 1.54) is 11.3 Å². The zero-order chi connectivity index (χ0) is 15.0. The molecule has 0 radical (unpaired) electrons. The number of aromatic nitrogens is 2. The molecule has 1 aromatic carbocycles. The van der Waals surface area contributed by atoms with Crippen LogP contribution in [0.3, 0.4) is 0 Å². The maximum absolute atomic E-state index is 11.6. The third-order valence-corrected chi connectivity index (χ3v) is 4.49. The lowest BCUT2D eigenvalue weighted by atomic mass is 10.1. The van der Waals surface area contributed by atoms with Crippen molar-refractivity contribution in [2.45, 2.75) is 20.4 Å². The molecule has 2 aromatic heterocycles. The average Bonchev–Trinajstić information content (AvgIpc) is 2.83. The van der Waals surface area contributed by atoms with Crippen molar-refractivity contribution in [3.05, 3.63) is 55.2 Å². The maximum atomic E-state index is 11.6. The van der Waals surface area contributed by atoms with Gasteiger partial charge in [0.2, 0.25) is 5.56 Å². The molecule has 0 saturated heterocycles. The summed E-state index contributed by atoms with van der Waals surface area (Å²) in [5.41, 5.74) is 3.87. The molecule has 0 amide bonds. The first kappa shape index (κ1) is 14.1. The highest BCUT2D eigenvalue weighted by Gasteiger charge is 2.06. The Labute approximate surface area is 130 Å². The third-order valence-electron chi connectivity index (χ3n) is 3.37. The van der Waals surface area contributed by atoms with Gasteiger partial charge < -0.3 is 10.3 Å². The van der Waals surface area contributed by atoms with E-state index in [2.05, 4.69) is 21.4 Å². The number of aryl methyl sites for hydroxylation is 2. The summed E-state index contributed by atoms with van der Waals surface area (Å²) < 4.78 is 0.544. The van der Waals surface area contributed by atoms with E-state index in [9.17, 15) is 4.79 Å². The van der Waals surface area contributed by atoms with Crippen molar-refractivity contribution in [3.63, 3.8) is 0 Å². The zero-order valence-electron chi connectivity index (χ0n) is 11.7. The van der Waals surface area contributed by atoms with Crippen LogP contribution in [0.25, 0.3) is 10.9 Å². The number of hydrogen-bond donors (Lipinski definition) is 2. The summed E-state index contributed by atoms with van der Waals surface area (Å²) in [6.07, 6.45) is 1.77. The topological polar surface area (TPSA) is 57.8 Å². The van der Waals surface area contributed by atoms with Gasteiger partial charge in [-0.2, -0.15) is 0 Å². The number of thiazole rings is 1. The highest BCUT2D eigenvalue weighted by molar-refractivity contribution is 7.15. The Morgan fingerprint density at radius 2 is 2.10 bits per heavy atom. The predicted octanol–water partition coefficient (Wildman–Crippen LogP) is 3.87. The van der Waals surface area contributed by atoms with Crippen LogP contribution in [0.5, 0.6) is 0 Å². The van der Waals surface area contributed by atoms with Gasteiger partial charge >= 0.3 is 0 Å². The van der Waals surface area contributed by atoms with E-state index in [0.717, 1.165) is 32.6 Å². The van der Waals surface area contributed by atoms with Gasteiger partial charge in [0, 0.05) is 28.2 Å². The number of nitrogens with zero attached hydrogens (tertiary/aromatic N) is 1. The fourth-order valence-corrected chi connectivity index (χ4v) is 3.24. The SMILES string of the molecule is Cc1cc2c(C)cc(=O)[nH]c2cc1NCc1cnc(Cl)s1. The minimum absolute atomic E-state index is 0.0796. The Kier molecular flexibility index (Phi) is 3.69. The molecule has 0 aliphatic heterocycles.